The molecule has 0 saturated carbocycles. The van der Waals surface area contributed by atoms with Crippen molar-refractivity contribution in [1.29, 1.82) is 0 Å². The number of alkyl carbamates (subject to hydrolysis) is 2. The second kappa shape index (κ2) is 16.5. The van der Waals surface area contributed by atoms with Crippen molar-refractivity contribution in [3.05, 3.63) is 88.6 Å². The molecule has 5 aromatic rings. The number of benzene rings is 3. The number of rotatable bonds is 10. The highest BCUT2D eigenvalue weighted by Crippen LogP contribution is 2.35. The highest BCUT2D eigenvalue weighted by molar-refractivity contribution is 5.92. The number of imidazole rings is 1. The number of methoxy groups -OCH3 is 2. The maximum Gasteiger partial charge on any atom is 0.407 e. The molecule has 4 amide bonds. The summed E-state index contributed by atoms with van der Waals surface area (Å²) < 4.78 is 9.48. The van der Waals surface area contributed by atoms with E-state index in [0.717, 1.165) is 52.4 Å². The fourth-order valence-electron chi connectivity index (χ4n) is 8.16. The van der Waals surface area contributed by atoms with Gasteiger partial charge in [0.15, 0.2) is 5.43 Å². The number of ether oxygens (including phenoxy) is 2. The Hall–Kier alpha value is -6.18. The van der Waals surface area contributed by atoms with Crippen LogP contribution in [0.4, 0.5) is 9.59 Å². The zero-order valence-electron chi connectivity index (χ0n) is 32.9. The fraction of sp³-hybridized carbons (Fsp3) is 0.395. The molecule has 0 radical (unpaired) electrons. The Morgan fingerprint density at radius 1 is 0.789 bits per heavy atom. The molecule has 4 heterocycles. The second-order valence-corrected chi connectivity index (χ2v) is 15.1. The minimum Gasteiger partial charge on any atom is -0.453 e. The molecule has 2 aliphatic heterocycles. The molecular weight excluding hydrogens is 727 g/mol. The zero-order chi connectivity index (χ0) is 40.4. The number of aromatic amines is 2. The van der Waals surface area contributed by atoms with E-state index >= 15 is 0 Å². The number of fused-ring (bicyclic) bond motifs is 2. The summed E-state index contributed by atoms with van der Waals surface area (Å²) in [5.41, 5.74) is 4.94. The first kappa shape index (κ1) is 39.1. The summed E-state index contributed by atoms with van der Waals surface area (Å²) in [7, 11) is 2.55. The van der Waals surface area contributed by atoms with E-state index in [-0.39, 0.29) is 35.2 Å². The van der Waals surface area contributed by atoms with Gasteiger partial charge in [-0.15, -0.1) is 0 Å². The molecule has 0 aliphatic carbocycles. The van der Waals surface area contributed by atoms with Crippen LogP contribution in [0, 0.1) is 5.92 Å². The predicted octanol–water partition coefficient (Wildman–Crippen LogP) is 6.58. The summed E-state index contributed by atoms with van der Waals surface area (Å²) in [6, 6.07) is 17.8. The number of hydrogen-bond acceptors (Lipinski definition) is 8. The first-order valence-corrected chi connectivity index (χ1v) is 19.6. The number of nitrogens with one attached hydrogen (secondary N) is 4. The van der Waals surface area contributed by atoms with Crippen LogP contribution in [0.25, 0.3) is 44.1 Å². The Morgan fingerprint density at radius 3 is 2.09 bits per heavy atom. The lowest BCUT2D eigenvalue weighted by atomic mass is 9.98. The third-order valence-electron chi connectivity index (χ3n) is 11.3. The van der Waals surface area contributed by atoms with Crippen LogP contribution in [-0.4, -0.2) is 88.1 Å². The number of likely N-dealkylation sites (tertiary alicyclic amines) is 2. The standard InChI is InChI=1S/C43H49N7O7/c1-6-31(47-42(54)56-4)40(52)49-17-7-9-35(49)33-22-37(51)30-16-15-28(21-32(30)45-33)26-11-12-27-20-29(14-13-25(27)19-26)34-23-44-39(46-34)36-10-8-18-50(36)41(53)38(24(2)3)48-43(55)57-5/h11-16,19-24,31,35-36,38H,6-10,17-18H2,1-5H3,(H,44,46)(H,45,51)(H,47,54)(H,48,55). The van der Waals surface area contributed by atoms with Crippen LogP contribution in [0.1, 0.15) is 76.5 Å². The van der Waals surface area contributed by atoms with Crippen molar-refractivity contribution in [3.8, 4) is 22.4 Å². The van der Waals surface area contributed by atoms with Gasteiger partial charge < -0.3 is 39.9 Å². The van der Waals surface area contributed by atoms with Crippen LogP contribution in [0.15, 0.2) is 71.7 Å². The molecule has 4 unspecified atom stereocenters. The topological polar surface area (TPSA) is 179 Å². The predicted molar refractivity (Wildman–Crippen MR) is 216 cm³/mol. The monoisotopic (exact) mass is 775 g/mol. The Balaban J connectivity index is 1.10. The van der Waals surface area contributed by atoms with E-state index in [4.69, 9.17) is 14.5 Å². The fourth-order valence-corrected chi connectivity index (χ4v) is 8.16. The third-order valence-corrected chi connectivity index (χ3v) is 11.3. The molecule has 3 aromatic carbocycles. The quantitative estimate of drug-likeness (QED) is 0.123. The first-order valence-electron chi connectivity index (χ1n) is 19.6. The lowest BCUT2D eigenvalue weighted by molar-refractivity contribution is -0.135. The molecule has 4 N–H and O–H groups in total. The molecule has 2 aliphatic rings. The number of H-pyrrole nitrogens is 2. The van der Waals surface area contributed by atoms with Crippen LogP contribution in [-0.2, 0) is 19.1 Å². The molecular formula is C43H49N7O7. The lowest BCUT2D eigenvalue weighted by Crippen LogP contribution is -2.51. The van der Waals surface area contributed by atoms with Gasteiger partial charge >= 0.3 is 12.2 Å². The van der Waals surface area contributed by atoms with Crippen molar-refractivity contribution in [1.82, 2.24) is 35.4 Å². The SMILES string of the molecule is CCC(NC(=O)OC)C(=O)N1CCCC1c1cc(=O)c2ccc(-c3ccc4cc(-c5cnc(C6CCCN6C(=O)C(NC(=O)OC)C(C)C)[nH]5)ccc4c3)cc2[nH]1. The third kappa shape index (κ3) is 7.94. The van der Waals surface area contributed by atoms with E-state index in [9.17, 15) is 24.0 Å². The van der Waals surface area contributed by atoms with Crippen molar-refractivity contribution < 1.29 is 28.7 Å². The summed E-state index contributed by atoms with van der Waals surface area (Å²) >= 11 is 0. The van der Waals surface area contributed by atoms with Crippen LogP contribution >= 0.6 is 0 Å². The van der Waals surface area contributed by atoms with Gasteiger partial charge in [-0.1, -0.05) is 51.1 Å². The minimum absolute atomic E-state index is 0.119. The van der Waals surface area contributed by atoms with Gasteiger partial charge in [0, 0.05) is 35.8 Å². The molecule has 57 heavy (non-hydrogen) atoms. The number of nitrogens with zero attached hydrogens (tertiary/aromatic N) is 3. The second-order valence-electron chi connectivity index (χ2n) is 15.1. The van der Waals surface area contributed by atoms with Crippen molar-refractivity contribution in [2.45, 2.75) is 77.0 Å². The summed E-state index contributed by atoms with van der Waals surface area (Å²) in [6.45, 7) is 6.73. The smallest absolute Gasteiger partial charge is 0.407 e. The summed E-state index contributed by atoms with van der Waals surface area (Å²) in [5.74, 6) is 0.231. The van der Waals surface area contributed by atoms with Gasteiger partial charge in [-0.25, -0.2) is 14.6 Å². The molecule has 2 fully saturated rings. The zero-order valence-corrected chi connectivity index (χ0v) is 32.9. The maximum atomic E-state index is 13.6. The van der Waals surface area contributed by atoms with Gasteiger partial charge in [-0.3, -0.25) is 14.4 Å². The van der Waals surface area contributed by atoms with Gasteiger partial charge in [-0.2, -0.15) is 0 Å². The van der Waals surface area contributed by atoms with E-state index in [2.05, 4.69) is 50.9 Å². The molecule has 7 rings (SSSR count). The first-order chi connectivity index (χ1) is 27.5. The largest absolute Gasteiger partial charge is 0.453 e. The highest BCUT2D eigenvalue weighted by Gasteiger charge is 2.38. The van der Waals surface area contributed by atoms with Crippen LogP contribution in [0.5, 0.6) is 0 Å². The Kier molecular flexibility index (Phi) is 11.3. The van der Waals surface area contributed by atoms with Crippen molar-refractivity contribution in [2.75, 3.05) is 27.3 Å². The lowest BCUT2D eigenvalue weighted by Gasteiger charge is -2.30. The van der Waals surface area contributed by atoms with Gasteiger partial charge in [0.05, 0.1) is 43.7 Å². The normalized spacial score (nSPS) is 17.9. The van der Waals surface area contributed by atoms with Gasteiger partial charge in [0.25, 0.3) is 0 Å². The molecule has 2 aromatic heterocycles. The van der Waals surface area contributed by atoms with E-state index in [0.29, 0.717) is 48.4 Å². The van der Waals surface area contributed by atoms with Gasteiger partial charge in [-0.05, 0) is 84.2 Å². The van der Waals surface area contributed by atoms with E-state index in [1.807, 2.05) is 45.0 Å². The Bertz CT molecular complexity index is 2390. The van der Waals surface area contributed by atoms with E-state index in [1.165, 1.54) is 14.2 Å². The average Bonchev–Trinajstić information content (AvgIpc) is 4.02. The van der Waals surface area contributed by atoms with Crippen LogP contribution in [0.2, 0.25) is 0 Å². The molecule has 4 atom stereocenters. The van der Waals surface area contributed by atoms with Crippen molar-refractivity contribution >= 4 is 45.7 Å². The minimum atomic E-state index is -0.722. The molecule has 14 nitrogen and oxygen atoms in total. The number of carbonyl (C=O) groups is 4. The number of hydrogen-bond donors (Lipinski definition) is 4. The average molecular weight is 776 g/mol. The molecule has 298 valence electrons. The molecule has 2 saturated heterocycles. The highest BCUT2D eigenvalue weighted by atomic mass is 16.5. The number of aromatic nitrogens is 3. The maximum absolute atomic E-state index is 13.6. The van der Waals surface area contributed by atoms with Crippen molar-refractivity contribution in [2.24, 2.45) is 5.92 Å². The molecule has 0 bridgehead atoms. The van der Waals surface area contributed by atoms with E-state index < -0.39 is 24.3 Å². The summed E-state index contributed by atoms with van der Waals surface area (Å²) in [6.07, 6.45) is 3.99. The Labute approximate surface area is 330 Å². The number of amides is 4. The summed E-state index contributed by atoms with van der Waals surface area (Å²) in [5, 5.41) is 7.96. The number of carbonyl (C=O) groups excluding carboxylic acids is 4. The van der Waals surface area contributed by atoms with Crippen LogP contribution in [0.3, 0.4) is 0 Å². The Morgan fingerprint density at radius 2 is 1.40 bits per heavy atom. The van der Waals surface area contributed by atoms with Gasteiger partial charge in [0.1, 0.15) is 17.9 Å². The number of pyridine rings is 1. The molecule has 14 heteroatoms. The van der Waals surface area contributed by atoms with Gasteiger partial charge in [0.2, 0.25) is 11.8 Å². The molecule has 0 spiro atoms. The van der Waals surface area contributed by atoms with Crippen LogP contribution < -0.4 is 16.1 Å². The van der Waals surface area contributed by atoms with Crippen molar-refractivity contribution in [3.63, 3.8) is 0 Å². The summed E-state index contributed by atoms with van der Waals surface area (Å²) in [4.78, 5) is 79.5. The van der Waals surface area contributed by atoms with E-state index in [1.54, 1.807) is 22.1 Å².